The number of amidine groups is 1. The van der Waals surface area contributed by atoms with E-state index in [0.717, 1.165) is 12.1 Å². The van der Waals surface area contributed by atoms with E-state index in [0.29, 0.717) is 5.56 Å². The van der Waals surface area contributed by atoms with Gasteiger partial charge in [0.05, 0.1) is 11.6 Å². The predicted octanol–water partition coefficient (Wildman–Crippen LogP) is 2.27. The van der Waals surface area contributed by atoms with Crippen molar-refractivity contribution in [3.63, 3.8) is 0 Å². The summed E-state index contributed by atoms with van der Waals surface area (Å²) in [6, 6.07) is 4.70. The minimum Gasteiger partial charge on any atom is -0.409 e. The van der Waals surface area contributed by atoms with E-state index in [9.17, 15) is 13.2 Å². The van der Waals surface area contributed by atoms with Crippen LogP contribution in [0.3, 0.4) is 0 Å². The zero-order valence-corrected chi connectivity index (χ0v) is 10.6. The van der Waals surface area contributed by atoms with E-state index in [1.54, 1.807) is 24.9 Å². The van der Waals surface area contributed by atoms with Crippen LogP contribution in [0.1, 0.15) is 18.1 Å². The number of halogens is 3. The van der Waals surface area contributed by atoms with Gasteiger partial charge >= 0.3 is 6.18 Å². The number of nitrogens with zero attached hydrogens (tertiary/aromatic N) is 2. The van der Waals surface area contributed by atoms with Crippen molar-refractivity contribution in [2.24, 2.45) is 10.9 Å². The Morgan fingerprint density at radius 2 is 2.11 bits per heavy atom. The number of likely N-dealkylation sites (N-methyl/N-ethyl adjacent to an activating group) is 1. The average Bonchev–Trinajstić information content (AvgIpc) is 2.36. The molecule has 0 bridgehead atoms. The molecule has 0 spiro atoms. The minimum absolute atomic E-state index is 0.00877. The van der Waals surface area contributed by atoms with E-state index < -0.39 is 11.7 Å². The molecule has 1 atom stereocenters. The zero-order chi connectivity index (χ0) is 14.6. The highest BCUT2D eigenvalue weighted by Gasteiger charge is 2.30. The first-order chi connectivity index (χ1) is 8.75. The topological polar surface area (TPSA) is 61.9 Å². The Labute approximate surface area is 109 Å². The third-order valence-electron chi connectivity index (χ3n) is 2.89. The smallest absolute Gasteiger partial charge is 0.409 e. The lowest BCUT2D eigenvalue weighted by molar-refractivity contribution is -0.137. The highest BCUT2D eigenvalue weighted by atomic mass is 19.4. The van der Waals surface area contributed by atoms with Gasteiger partial charge in [-0.1, -0.05) is 23.4 Å². The van der Waals surface area contributed by atoms with E-state index in [2.05, 4.69) is 5.16 Å². The van der Waals surface area contributed by atoms with Gasteiger partial charge in [-0.15, -0.1) is 0 Å². The molecule has 106 valence electrons. The number of rotatable bonds is 4. The molecule has 0 aromatic heterocycles. The van der Waals surface area contributed by atoms with Crippen LogP contribution in [0.15, 0.2) is 29.4 Å². The molecule has 0 aliphatic carbocycles. The number of nitrogens with two attached hydrogens (primary N) is 1. The molecule has 0 saturated heterocycles. The summed E-state index contributed by atoms with van der Waals surface area (Å²) in [5.41, 5.74) is 5.27. The van der Waals surface area contributed by atoms with Crippen molar-refractivity contribution in [3.05, 3.63) is 35.4 Å². The van der Waals surface area contributed by atoms with E-state index in [1.165, 1.54) is 6.07 Å². The van der Waals surface area contributed by atoms with Crippen molar-refractivity contribution in [1.82, 2.24) is 4.90 Å². The van der Waals surface area contributed by atoms with Crippen molar-refractivity contribution < 1.29 is 18.4 Å². The molecular weight excluding hydrogens is 259 g/mol. The fraction of sp³-hybridized carbons (Fsp3) is 0.417. The molecule has 0 heterocycles. The van der Waals surface area contributed by atoms with Crippen molar-refractivity contribution >= 4 is 5.84 Å². The number of alkyl halides is 3. The van der Waals surface area contributed by atoms with Crippen LogP contribution in [0.2, 0.25) is 0 Å². The van der Waals surface area contributed by atoms with Gasteiger partial charge in [0.1, 0.15) is 0 Å². The summed E-state index contributed by atoms with van der Waals surface area (Å²) in [6.07, 6.45) is -4.36. The van der Waals surface area contributed by atoms with E-state index in [1.807, 2.05) is 0 Å². The van der Waals surface area contributed by atoms with Crippen LogP contribution in [-0.2, 0) is 12.7 Å². The molecule has 0 radical (unpaired) electrons. The highest BCUT2D eigenvalue weighted by Crippen LogP contribution is 2.29. The second-order valence-electron chi connectivity index (χ2n) is 4.31. The summed E-state index contributed by atoms with van der Waals surface area (Å²) in [5.74, 6) is 0.00877. The van der Waals surface area contributed by atoms with Crippen LogP contribution in [0.5, 0.6) is 0 Å². The van der Waals surface area contributed by atoms with Gasteiger partial charge in [0.25, 0.3) is 0 Å². The van der Waals surface area contributed by atoms with Gasteiger partial charge in [-0.05, 0) is 25.6 Å². The standard InChI is InChI=1S/C12H16F3N3O/c1-8(11(16)17-19)18(2)7-9-4-3-5-10(6-9)12(13,14)15/h3-6,8,19H,7H2,1-2H3,(H2,16,17). The lowest BCUT2D eigenvalue weighted by Crippen LogP contribution is -2.40. The molecule has 19 heavy (non-hydrogen) atoms. The molecule has 0 saturated carbocycles. The number of hydrogen-bond acceptors (Lipinski definition) is 3. The summed E-state index contributed by atoms with van der Waals surface area (Å²) >= 11 is 0. The molecule has 0 amide bonds. The first-order valence-corrected chi connectivity index (χ1v) is 5.59. The number of benzene rings is 1. The molecular formula is C12H16F3N3O. The quantitative estimate of drug-likeness (QED) is 0.383. The van der Waals surface area contributed by atoms with E-state index in [4.69, 9.17) is 10.9 Å². The zero-order valence-electron chi connectivity index (χ0n) is 10.6. The summed E-state index contributed by atoms with van der Waals surface area (Å²) in [6.45, 7) is 1.96. The Bertz CT molecular complexity index is 460. The maximum absolute atomic E-state index is 12.6. The lowest BCUT2D eigenvalue weighted by Gasteiger charge is -2.23. The number of oxime groups is 1. The van der Waals surface area contributed by atoms with Crippen molar-refractivity contribution in [1.29, 1.82) is 0 Å². The van der Waals surface area contributed by atoms with Gasteiger partial charge in [-0.25, -0.2) is 0 Å². The molecule has 3 N–H and O–H groups in total. The van der Waals surface area contributed by atoms with Gasteiger partial charge in [-0.3, -0.25) is 4.90 Å². The molecule has 1 aromatic carbocycles. The minimum atomic E-state index is -4.36. The number of hydrogen-bond donors (Lipinski definition) is 2. The molecule has 0 fully saturated rings. The molecule has 7 heteroatoms. The average molecular weight is 275 g/mol. The monoisotopic (exact) mass is 275 g/mol. The Balaban J connectivity index is 2.83. The predicted molar refractivity (Wildman–Crippen MR) is 65.8 cm³/mol. The van der Waals surface area contributed by atoms with E-state index in [-0.39, 0.29) is 18.4 Å². The Morgan fingerprint density at radius 1 is 1.47 bits per heavy atom. The molecule has 1 unspecified atom stereocenters. The van der Waals surface area contributed by atoms with E-state index >= 15 is 0 Å². The molecule has 0 aliphatic rings. The van der Waals surface area contributed by atoms with Crippen LogP contribution in [0.25, 0.3) is 0 Å². The molecule has 1 rings (SSSR count). The molecule has 1 aromatic rings. The van der Waals surface area contributed by atoms with Crippen LogP contribution in [-0.4, -0.2) is 29.0 Å². The first kappa shape index (κ1) is 15.3. The maximum Gasteiger partial charge on any atom is 0.416 e. The van der Waals surface area contributed by atoms with Gasteiger partial charge in [0, 0.05) is 6.54 Å². The van der Waals surface area contributed by atoms with Gasteiger partial charge in [0.15, 0.2) is 5.84 Å². The van der Waals surface area contributed by atoms with Crippen LogP contribution >= 0.6 is 0 Å². The van der Waals surface area contributed by atoms with Crippen LogP contribution < -0.4 is 5.73 Å². The Morgan fingerprint density at radius 3 is 2.63 bits per heavy atom. The van der Waals surface area contributed by atoms with Gasteiger partial charge in [0.2, 0.25) is 0 Å². The third kappa shape index (κ3) is 4.13. The highest BCUT2D eigenvalue weighted by molar-refractivity contribution is 5.84. The van der Waals surface area contributed by atoms with Crippen LogP contribution in [0.4, 0.5) is 13.2 Å². The van der Waals surface area contributed by atoms with Gasteiger partial charge < -0.3 is 10.9 Å². The fourth-order valence-electron chi connectivity index (χ4n) is 1.58. The SMILES string of the molecule is CC(C(N)=NO)N(C)Cc1cccc(C(F)(F)F)c1. The summed E-state index contributed by atoms with van der Waals surface area (Å²) in [4.78, 5) is 1.69. The summed E-state index contributed by atoms with van der Waals surface area (Å²) in [5, 5.41) is 11.4. The first-order valence-electron chi connectivity index (χ1n) is 5.59. The third-order valence-corrected chi connectivity index (χ3v) is 2.89. The maximum atomic E-state index is 12.6. The summed E-state index contributed by atoms with van der Waals surface area (Å²) < 4.78 is 37.7. The Hall–Kier alpha value is -1.76. The van der Waals surface area contributed by atoms with Crippen molar-refractivity contribution in [3.8, 4) is 0 Å². The van der Waals surface area contributed by atoms with Gasteiger partial charge in [-0.2, -0.15) is 13.2 Å². The van der Waals surface area contributed by atoms with Crippen LogP contribution in [0, 0.1) is 0 Å². The molecule has 4 nitrogen and oxygen atoms in total. The summed E-state index contributed by atoms with van der Waals surface area (Å²) in [7, 11) is 1.68. The lowest BCUT2D eigenvalue weighted by atomic mass is 10.1. The second-order valence-corrected chi connectivity index (χ2v) is 4.31. The normalized spacial score (nSPS) is 14.7. The second kappa shape index (κ2) is 5.92. The van der Waals surface area contributed by atoms with Crippen molar-refractivity contribution in [2.45, 2.75) is 25.7 Å². The Kier molecular flexibility index (Phi) is 4.77. The molecule has 0 aliphatic heterocycles. The van der Waals surface area contributed by atoms with Crippen molar-refractivity contribution in [2.75, 3.05) is 7.05 Å². The fourth-order valence-corrected chi connectivity index (χ4v) is 1.58. The largest absolute Gasteiger partial charge is 0.416 e.